The summed E-state index contributed by atoms with van der Waals surface area (Å²) in [5, 5.41) is 10.5. The summed E-state index contributed by atoms with van der Waals surface area (Å²) in [6, 6.07) is 16.6. The van der Waals surface area contributed by atoms with Crippen molar-refractivity contribution in [3.8, 4) is 6.07 Å². The predicted molar refractivity (Wildman–Crippen MR) is 107 cm³/mol. The van der Waals surface area contributed by atoms with Crippen molar-refractivity contribution in [2.75, 3.05) is 17.4 Å². The summed E-state index contributed by atoms with van der Waals surface area (Å²) in [4.78, 5) is 16.3. The SMILES string of the molecule is N#CC1=C2SCN(c3ccccc3F)CN2C(=O)CC1c1cccc(Br)c1. The molecule has 0 spiro atoms. The average Bonchev–Trinajstić information content (AvgIpc) is 2.68. The Bertz CT molecular complexity index is 987. The minimum Gasteiger partial charge on any atom is -0.341 e. The zero-order chi connectivity index (χ0) is 19.0. The van der Waals surface area contributed by atoms with Crippen LogP contribution in [0.15, 0.2) is 63.6 Å². The molecule has 1 saturated heterocycles. The van der Waals surface area contributed by atoms with Gasteiger partial charge in [0.1, 0.15) is 5.82 Å². The predicted octanol–water partition coefficient (Wildman–Crippen LogP) is 4.81. The maximum atomic E-state index is 14.1. The highest BCUT2D eigenvalue weighted by Gasteiger charge is 2.38. The number of nitrogens with zero attached hydrogens (tertiary/aromatic N) is 3. The Hall–Kier alpha value is -2.30. The molecule has 2 aliphatic heterocycles. The van der Waals surface area contributed by atoms with Crippen molar-refractivity contribution in [3.05, 3.63) is 75.0 Å². The number of hydrogen-bond acceptors (Lipinski definition) is 4. The van der Waals surface area contributed by atoms with E-state index in [-0.39, 0.29) is 30.7 Å². The summed E-state index contributed by atoms with van der Waals surface area (Å²) in [6.07, 6.45) is 0.231. The van der Waals surface area contributed by atoms with E-state index in [1.54, 1.807) is 23.1 Å². The molecule has 0 aromatic heterocycles. The Kier molecular flexibility index (Phi) is 4.94. The number of nitriles is 1. The lowest BCUT2D eigenvalue weighted by Gasteiger charge is -2.42. The van der Waals surface area contributed by atoms with Crippen molar-refractivity contribution in [2.24, 2.45) is 0 Å². The Labute approximate surface area is 169 Å². The van der Waals surface area contributed by atoms with E-state index in [0.717, 1.165) is 10.0 Å². The molecule has 2 aliphatic rings. The summed E-state index contributed by atoms with van der Waals surface area (Å²) >= 11 is 4.86. The van der Waals surface area contributed by atoms with Crippen molar-refractivity contribution >= 4 is 39.3 Å². The number of carbonyl (C=O) groups excluding carboxylic acids is 1. The number of anilines is 1. The number of thioether (sulfide) groups is 1. The molecule has 4 nitrogen and oxygen atoms in total. The van der Waals surface area contributed by atoms with Crippen LogP contribution < -0.4 is 4.90 Å². The first-order chi connectivity index (χ1) is 13.1. The molecule has 2 aromatic rings. The molecule has 1 atom stereocenters. The van der Waals surface area contributed by atoms with E-state index in [0.29, 0.717) is 22.2 Å². The molecule has 0 radical (unpaired) electrons. The topological polar surface area (TPSA) is 47.3 Å². The average molecular weight is 444 g/mol. The molecule has 2 aromatic carbocycles. The molecule has 136 valence electrons. The van der Waals surface area contributed by atoms with Crippen LogP contribution >= 0.6 is 27.7 Å². The Morgan fingerprint density at radius 3 is 2.78 bits per heavy atom. The third-order valence-corrected chi connectivity index (χ3v) is 6.39. The normalized spacial score (nSPS) is 19.7. The molecule has 1 fully saturated rings. The van der Waals surface area contributed by atoms with Crippen LogP contribution in [0.1, 0.15) is 17.9 Å². The van der Waals surface area contributed by atoms with Crippen LogP contribution in [0.3, 0.4) is 0 Å². The third-order valence-electron chi connectivity index (χ3n) is 4.74. The number of amides is 1. The lowest BCUT2D eigenvalue weighted by molar-refractivity contribution is -0.129. The number of hydrogen-bond donors (Lipinski definition) is 0. The van der Waals surface area contributed by atoms with Crippen LogP contribution in [0.2, 0.25) is 0 Å². The van der Waals surface area contributed by atoms with E-state index in [1.807, 2.05) is 29.2 Å². The number of carbonyl (C=O) groups is 1. The van der Waals surface area contributed by atoms with Crippen LogP contribution in [0.5, 0.6) is 0 Å². The van der Waals surface area contributed by atoms with E-state index < -0.39 is 0 Å². The molecule has 1 amide bonds. The van der Waals surface area contributed by atoms with E-state index in [1.165, 1.54) is 17.8 Å². The van der Waals surface area contributed by atoms with E-state index in [4.69, 9.17) is 0 Å². The lowest BCUT2D eigenvalue weighted by atomic mass is 9.86. The van der Waals surface area contributed by atoms with Gasteiger partial charge >= 0.3 is 0 Å². The molecule has 0 aliphatic carbocycles. The highest BCUT2D eigenvalue weighted by Crippen LogP contribution is 2.43. The van der Waals surface area contributed by atoms with Crippen molar-refractivity contribution in [1.82, 2.24) is 4.90 Å². The summed E-state index contributed by atoms with van der Waals surface area (Å²) < 4.78 is 15.1. The van der Waals surface area contributed by atoms with Crippen LogP contribution in [-0.2, 0) is 4.79 Å². The largest absolute Gasteiger partial charge is 0.341 e. The van der Waals surface area contributed by atoms with Crippen molar-refractivity contribution in [1.29, 1.82) is 5.26 Å². The third kappa shape index (κ3) is 3.35. The Morgan fingerprint density at radius 2 is 2.04 bits per heavy atom. The molecule has 7 heteroatoms. The van der Waals surface area contributed by atoms with Gasteiger partial charge in [-0.3, -0.25) is 9.69 Å². The molecule has 1 unspecified atom stereocenters. The van der Waals surface area contributed by atoms with Gasteiger partial charge in [0, 0.05) is 16.8 Å². The molecule has 4 rings (SSSR count). The summed E-state index contributed by atoms with van der Waals surface area (Å²) in [6.45, 7) is 0.248. The highest BCUT2D eigenvalue weighted by atomic mass is 79.9. The van der Waals surface area contributed by atoms with Gasteiger partial charge < -0.3 is 4.90 Å². The molecule has 0 bridgehead atoms. The number of halogens is 2. The maximum Gasteiger partial charge on any atom is 0.229 e. The van der Waals surface area contributed by atoms with Gasteiger partial charge in [-0.05, 0) is 29.8 Å². The number of allylic oxidation sites excluding steroid dienone is 1. The first kappa shape index (κ1) is 18.1. The van der Waals surface area contributed by atoms with Crippen molar-refractivity contribution in [3.63, 3.8) is 0 Å². The summed E-state index contributed by atoms with van der Waals surface area (Å²) in [7, 11) is 0. The zero-order valence-corrected chi connectivity index (χ0v) is 16.6. The van der Waals surface area contributed by atoms with Gasteiger partial charge in [0.05, 0.1) is 34.9 Å². The van der Waals surface area contributed by atoms with Gasteiger partial charge in [-0.1, -0.05) is 52.0 Å². The zero-order valence-electron chi connectivity index (χ0n) is 14.2. The lowest BCUT2D eigenvalue weighted by Crippen LogP contribution is -2.47. The fourth-order valence-corrected chi connectivity index (χ4v) is 5.01. The van der Waals surface area contributed by atoms with Gasteiger partial charge in [-0.15, -0.1) is 0 Å². The molecule has 2 heterocycles. The minimum atomic E-state index is -0.317. The van der Waals surface area contributed by atoms with Gasteiger partial charge in [-0.2, -0.15) is 5.26 Å². The smallest absolute Gasteiger partial charge is 0.229 e. The van der Waals surface area contributed by atoms with Gasteiger partial charge in [0.2, 0.25) is 5.91 Å². The van der Waals surface area contributed by atoms with E-state index >= 15 is 0 Å². The maximum absolute atomic E-state index is 14.1. The van der Waals surface area contributed by atoms with Crippen molar-refractivity contribution in [2.45, 2.75) is 12.3 Å². The standard InChI is InChI=1S/C20H15BrFN3OS/c21-14-5-3-4-13(8-14)15-9-19(26)25-11-24(12-27-20(25)16(15)10-23)18-7-2-1-6-17(18)22/h1-8,15H,9,11-12H2. The van der Waals surface area contributed by atoms with Gasteiger partial charge in [0.15, 0.2) is 0 Å². The minimum absolute atomic E-state index is 0.0532. The van der Waals surface area contributed by atoms with E-state index in [9.17, 15) is 14.4 Å². The number of fused-ring (bicyclic) bond motifs is 1. The fraction of sp³-hybridized carbons (Fsp3) is 0.200. The second kappa shape index (κ2) is 7.37. The number of para-hydroxylation sites is 1. The molecular formula is C20H15BrFN3OS. The number of benzene rings is 2. The van der Waals surface area contributed by atoms with Gasteiger partial charge in [-0.25, -0.2) is 4.39 Å². The summed E-state index contributed by atoms with van der Waals surface area (Å²) in [5.74, 6) is -0.139. The van der Waals surface area contributed by atoms with Crippen LogP contribution in [-0.4, -0.2) is 23.4 Å². The Balaban J connectivity index is 1.69. The highest BCUT2D eigenvalue weighted by molar-refractivity contribution is 9.10. The number of rotatable bonds is 2. The quantitative estimate of drug-likeness (QED) is 0.667. The molecule has 0 N–H and O–H groups in total. The van der Waals surface area contributed by atoms with Crippen LogP contribution in [0, 0.1) is 17.1 Å². The molecule has 0 saturated carbocycles. The first-order valence-corrected chi connectivity index (χ1v) is 10.2. The Morgan fingerprint density at radius 1 is 1.22 bits per heavy atom. The first-order valence-electron chi connectivity index (χ1n) is 8.41. The summed E-state index contributed by atoms with van der Waals surface area (Å²) in [5.41, 5.74) is 2.01. The van der Waals surface area contributed by atoms with Crippen LogP contribution in [0.25, 0.3) is 0 Å². The second-order valence-corrected chi connectivity index (χ2v) is 8.22. The van der Waals surface area contributed by atoms with Crippen molar-refractivity contribution < 1.29 is 9.18 Å². The van der Waals surface area contributed by atoms with E-state index in [2.05, 4.69) is 22.0 Å². The second-order valence-electron chi connectivity index (χ2n) is 6.37. The van der Waals surface area contributed by atoms with Gasteiger partial charge in [0.25, 0.3) is 0 Å². The molecular weight excluding hydrogens is 429 g/mol. The fourth-order valence-electron chi connectivity index (χ4n) is 3.43. The molecule has 27 heavy (non-hydrogen) atoms. The van der Waals surface area contributed by atoms with Crippen LogP contribution in [0.4, 0.5) is 10.1 Å². The monoisotopic (exact) mass is 443 g/mol.